The van der Waals surface area contributed by atoms with Crippen molar-refractivity contribution in [3.05, 3.63) is 32.0 Å². The SMILES string of the molecule is N#Cc1c(Br)cnc(C(F)F)c1[N+](=O)[O-]. The highest BCUT2D eigenvalue weighted by Gasteiger charge is 2.29. The van der Waals surface area contributed by atoms with E-state index in [0.29, 0.717) is 0 Å². The first-order chi connectivity index (χ1) is 6.99. The van der Waals surface area contributed by atoms with Crippen molar-refractivity contribution < 1.29 is 13.7 Å². The first-order valence-corrected chi connectivity index (χ1v) is 4.29. The van der Waals surface area contributed by atoms with Crippen molar-refractivity contribution in [3.63, 3.8) is 0 Å². The van der Waals surface area contributed by atoms with Gasteiger partial charge in [-0.05, 0) is 15.9 Å². The third-order valence-electron chi connectivity index (χ3n) is 1.54. The van der Waals surface area contributed by atoms with Crippen LogP contribution < -0.4 is 0 Å². The number of hydrogen-bond acceptors (Lipinski definition) is 4. The maximum atomic E-state index is 12.3. The highest BCUT2D eigenvalue weighted by molar-refractivity contribution is 9.10. The van der Waals surface area contributed by atoms with E-state index in [-0.39, 0.29) is 4.47 Å². The summed E-state index contributed by atoms with van der Waals surface area (Å²) in [6.45, 7) is 0. The van der Waals surface area contributed by atoms with Crippen LogP contribution in [-0.4, -0.2) is 9.91 Å². The van der Waals surface area contributed by atoms with E-state index < -0.39 is 28.3 Å². The topological polar surface area (TPSA) is 79.8 Å². The second kappa shape index (κ2) is 4.27. The molecule has 0 aromatic carbocycles. The number of pyridine rings is 1. The second-order valence-electron chi connectivity index (χ2n) is 2.38. The zero-order valence-electron chi connectivity index (χ0n) is 6.95. The second-order valence-corrected chi connectivity index (χ2v) is 3.24. The van der Waals surface area contributed by atoms with Gasteiger partial charge in [-0.25, -0.2) is 13.8 Å². The van der Waals surface area contributed by atoms with Gasteiger partial charge in [0.1, 0.15) is 11.6 Å². The summed E-state index contributed by atoms with van der Waals surface area (Å²) in [6.07, 6.45) is -2.15. The highest BCUT2D eigenvalue weighted by atomic mass is 79.9. The van der Waals surface area contributed by atoms with Crippen LogP contribution in [0.15, 0.2) is 10.7 Å². The molecule has 0 aliphatic heterocycles. The average molecular weight is 278 g/mol. The molecule has 0 amide bonds. The minimum Gasteiger partial charge on any atom is -0.258 e. The average Bonchev–Trinajstić information content (AvgIpc) is 2.16. The summed E-state index contributed by atoms with van der Waals surface area (Å²) in [5, 5.41) is 19.1. The number of halogens is 3. The highest BCUT2D eigenvalue weighted by Crippen LogP contribution is 2.33. The Morgan fingerprint density at radius 2 is 2.27 bits per heavy atom. The number of alkyl halides is 2. The molecule has 0 saturated carbocycles. The van der Waals surface area contributed by atoms with Gasteiger partial charge in [0.25, 0.3) is 6.43 Å². The summed E-state index contributed by atoms with van der Waals surface area (Å²) in [6, 6.07) is 1.48. The lowest BCUT2D eigenvalue weighted by Gasteiger charge is -2.02. The Morgan fingerprint density at radius 3 is 2.67 bits per heavy atom. The van der Waals surface area contributed by atoms with Gasteiger partial charge in [-0.1, -0.05) is 0 Å². The third kappa shape index (κ3) is 2.07. The summed E-state index contributed by atoms with van der Waals surface area (Å²) in [5.41, 5.74) is -2.41. The van der Waals surface area contributed by atoms with Crippen LogP contribution in [0.4, 0.5) is 14.5 Å². The molecule has 78 valence electrons. The Morgan fingerprint density at radius 1 is 1.67 bits per heavy atom. The molecule has 1 rings (SSSR count). The van der Waals surface area contributed by atoms with Gasteiger partial charge >= 0.3 is 5.69 Å². The molecule has 15 heavy (non-hydrogen) atoms. The summed E-state index contributed by atoms with van der Waals surface area (Å²) in [5.74, 6) is 0. The first kappa shape index (κ1) is 11.5. The predicted molar refractivity (Wildman–Crippen MR) is 48.3 cm³/mol. The van der Waals surface area contributed by atoms with Crippen molar-refractivity contribution in [2.24, 2.45) is 0 Å². The first-order valence-electron chi connectivity index (χ1n) is 3.50. The molecule has 0 unspecified atom stereocenters. The Hall–Kier alpha value is -1.62. The number of hydrogen-bond donors (Lipinski definition) is 0. The summed E-state index contributed by atoms with van der Waals surface area (Å²) < 4.78 is 24.7. The van der Waals surface area contributed by atoms with E-state index in [0.717, 1.165) is 6.20 Å². The van der Waals surface area contributed by atoms with Crippen molar-refractivity contribution in [2.75, 3.05) is 0 Å². The lowest BCUT2D eigenvalue weighted by atomic mass is 10.2. The molecule has 0 atom stereocenters. The van der Waals surface area contributed by atoms with Gasteiger partial charge in [0, 0.05) is 6.20 Å². The summed E-state index contributed by atoms with van der Waals surface area (Å²) >= 11 is 2.82. The van der Waals surface area contributed by atoms with Crippen LogP contribution in [0.5, 0.6) is 0 Å². The predicted octanol–water partition coefficient (Wildman–Crippen LogP) is 2.56. The minimum atomic E-state index is -3.09. The lowest BCUT2D eigenvalue weighted by molar-refractivity contribution is -0.387. The Labute approximate surface area is 90.6 Å². The lowest BCUT2D eigenvalue weighted by Crippen LogP contribution is -2.02. The van der Waals surface area contributed by atoms with E-state index in [4.69, 9.17) is 5.26 Å². The molecule has 0 radical (unpaired) electrons. The fourth-order valence-electron chi connectivity index (χ4n) is 0.944. The van der Waals surface area contributed by atoms with Gasteiger partial charge in [0.15, 0.2) is 5.69 Å². The van der Waals surface area contributed by atoms with Crippen molar-refractivity contribution in [2.45, 2.75) is 6.43 Å². The van der Waals surface area contributed by atoms with Crippen LogP contribution >= 0.6 is 15.9 Å². The van der Waals surface area contributed by atoms with Gasteiger partial charge < -0.3 is 0 Å². The Balaban J connectivity index is 3.58. The van der Waals surface area contributed by atoms with Crippen molar-refractivity contribution in [1.29, 1.82) is 5.26 Å². The number of nitro groups is 1. The van der Waals surface area contributed by atoms with Crippen LogP contribution in [0, 0.1) is 21.4 Å². The molecule has 0 aliphatic rings. The van der Waals surface area contributed by atoms with Gasteiger partial charge in [0.2, 0.25) is 0 Å². The summed E-state index contributed by atoms with van der Waals surface area (Å²) in [7, 11) is 0. The molecule has 1 aromatic rings. The van der Waals surface area contributed by atoms with Crippen molar-refractivity contribution in [3.8, 4) is 6.07 Å². The monoisotopic (exact) mass is 277 g/mol. The van der Waals surface area contributed by atoms with E-state index in [9.17, 15) is 18.9 Å². The van der Waals surface area contributed by atoms with E-state index in [2.05, 4.69) is 20.9 Å². The van der Waals surface area contributed by atoms with E-state index >= 15 is 0 Å². The van der Waals surface area contributed by atoms with Crippen molar-refractivity contribution >= 4 is 21.6 Å². The molecule has 8 heteroatoms. The number of nitriles is 1. The molecule has 0 N–H and O–H groups in total. The van der Waals surface area contributed by atoms with Crippen LogP contribution in [0.1, 0.15) is 17.7 Å². The normalized spacial score (nSPS) is 10.1. The van der Waals surface area contributed by atoms with Crippen molar-refractivity contribution in [1.82, 2.24) is 4.98 Å². The Kier molecular flexibility index (Phi) is 3.26. The fourth-order valence-corrected chi connectivity index (χ4v) is 1.32. The van der Waals surface area contributed by atoms with E-state index in [1.54, 1.807) is 0 Å². The zero-order valence-corrected chi connectivity index (χ0v) is 8.53. The molecule has 0 spiro atoms. The molecule has 5 nitrogen and oxygen atoms in total. The largest absolute Gasteiger partial charge is 0.315 e. The molecular weight excluding hydrogens is 276 g/mol. The molecule has 1 heterocycles. The van der Waals surface area contributed by atoms with Gasteiger partial charge in [-0.3, -0.25) is 10.1 Å². The van der Waals surface area contributed by atoms with Crippen LogP contribution in [0.3, 0.4) is 0 Å². The zero-order chi connectivity index (χ0) is 11.6. The van der Waals surface area contributed by atoms with Crippen LogP contribution in [0.25, 0.3) is 0 Å². The molecule has 0 saturated heterocycles. The van der Waals surface area contributed by atoms with Crippen LogP contribution in [0.2, 0.25) is 0 Å². The van der Waals surface area contributed by atoms with E-state index in [1.165, 1.54) is 6.07 Å². The minimum absolute atomic E-state index is 0.0149. The maximum absolute atomic E-state index is 12.3. The van der Waals surface area contributed by atoms with Gasteiger partial charge in [-0.2, -0.15) is 5.26 Å². The van der Waals surface area contributed by atoms with E-state index in [1.807, 2.05) is 0 Å². The quantitative estimate of drug-likeness (QED) is 0.615. The summed E-state index contributed by atoms with van der Waals surface area (Å²) in [4.78, 5) is 12.7. The molecule has 0 bridgehead atoms. The number of aromatic nitrogens is 1. The maximum Gasteiger partial charge on any atom is 0.315 e. The fraction of sp³-hybridized carbons (Fsp3) is 0.143. The molecular formula is C7H2BrF2N3O2. The third-order valence-corrected chi connectivity index (χ3v) is 2.14. The Bertz CT molecular complexity index is 458. The number of nitrogens with zero attached hydrogens (tertiary/aromatic N) is 3. The van der Waals surface area contributed by atoms with Gasteiger partial charge in [0.05, 0.1) is 9.40 Å². The number of rotatable bonds is 2. The van der Waals surface area contributed by atoms with Crippen LogP contribution in [-0.2, 0) is 0 Å². The van der Waals surface area contributed by atoms with Gasteiger partial charge in [-0.15, -0.1) is 0 Å². The molecule has 1 aromatic heterocycles. The smallest absolute Gasteiger partial charge is 0.258 e. The molecule has 0 aliphatic carbocycles. The molecule has 0 fully saturated rings. The standard InChI is InChI=1S/C7H2BrF2N3O2/c8-4-2-12-5(7(9)10)6(13(14)15)3(4)1-11/h2,7H.